The summed E-state index contributed by atoms with van der Waals surface area (Å²) in [4.78, 5) is 0. The summed E-state index contributed by atoms with van der Waals surface area (Å²) in [5.74, 6) is 2.24. The van der Waals surface area contributed by atoms with E-state index < -0.39 is 12.6 Å². The van der Waals surface area contributed by atoms with E-state index in [1.807, 2.05) is 0 Å². The first-order chi connectivity index (χ1) is 13.4. The zero-order valence-corrected chi connectivity index (χ0v) is 17.2. The Morgan fingerprint density at radius 3 is 1.89 bits per heavy atom. The van der Waals surface area contributed by atoms with Crippen LogP contribution in [0.2, 0.25) is 0 Å². The number of alkyl halides is 3. The molecule has 164 valence electrons. The van der Waals surface area contributed by atoms with E-state index in [0.29, 0.717) is 31.7 Å². The van der Waals surface area contributed by atoms with E-state index in [2.05, 4.69) is 6.92 Å². The van der Waals surface area contributed by atoms with Gasteiger partial charge < -0.3 is 14.2 Å². The van der Waals surface area contributed by atoms with Crippen LogP contribution in [0.5, 0.6) is 0 Å². The Morgan fingerprint density at radius 2 is 1.36 bits per heavy atom. The van der Waals surface area contributed by atoms with Crippen LogP contribution in [-0.2, 0) is 14.2 Å². The van der Waals surface area contributed by atoms with Crippen molar-refractivity contribution in [3.8, 4) is 0 Å². The normalized spacial score (nSPS) is 37.7. The monoisotopic (exact) mass is 406 g/mol. The van der Waals surface area contributed by atoms with Crippen molar-refractivity contribution < 1.29 is 27.4 Å². The summed E-state index contributed by atoms with van der Waals surface area (Å²) < 4.78 is 54.4. The first-order valence-corrected chi connectivity index (χ1v) is 11.4. The predicted octanol–water partition coefficient (Wildman–Crippen LogP) is 6.11. The molecule has 1 heterocycles. The number of ether oxygens (including phenoxy) is 3. The highest BCUT2D eigenvalue weighted by Crippen LogP contribution is 2.42. The molecule has 3 rings (SSSR count). The smallest absolute Gasteiger partial charge is 0.379 e. The molecule has 0 atom stereocenters. The Morgan fingerprint density at radius 1 is 0.821 bits per heavy atom. The van der Waals surface area contributed by atoms with Crippen molar-refractivity contribution in [3.63, 3.8) is 0 Å². The molecule has 3 aliphatic rings. The van der Waals surface area contributed by atoms with E-state index >= 15 is 0 Å². The largest absolute Gasteiger partial charge is 0.389 e. The summed E-state index contributed by atoms with van der Waals surface area (Å²) in [6.45, 7) is 3.99. The maximum atomic E-state index is 12.3. The Bertz CT molecular complexity index is 433. The van der Waals surface area contributed by atoms with Gasteiger partial charge in [-0.2, -0.15) is 13.2 Å². The Balaban J connectivity index is 1.31. The molecule has 3 nitrogen and oxygen atoms in total. The Kier molecular flexibility index (Phi) is 8.48. The van der Waals surface area contributed by atoms with E-state index in [0.717, 1.165) is 31.3 Å². The van der Waals surface area contributed by atoms with Crippen LogP contribution >= 0.6 is 0 Å². The zero-order chi connectivity index (χ0) is 20.0. The second-order valence-corrected chi connectivity index (χ2v) is 9.08. The lowest BCUT2D eigenvalue weighted by molar-refractivity contribution is -0.231. The molecule has 0 amide bonds. The third-order valence-corrected chi connectivity index (χ3v) is 7.05. The molecule has 1 saturated heterocycles. The third-order valence-electron chi connectivity index (χ3n) is 7.05. The average Bonchev–Trinajstić information content (AvgIpc) is 2.69. The van der Waals surface area contributed by atoms with Gasteiger partial charge in [-0.1, -0.05) is 0 Å². The van der Waals surface area contributed by atoms with Crippen LogP contribution in [0.3, 0.4) is 0 Å². The quantitative estimate of drug-likeness (QED) is 0.510. The standard InChI is InChI=1S/C22H37F3O3/c1-2-26-20-11-9-18(10-12-20)17-5-7-19(8-6-17)21-27-14-16(15-28-21)4-3-13-22(23,24)25/h16-21H,2-15H2,1H3/t16-,17?,18-,19?,20-,21-. The van der Waals surface area contributed by atoms with Crippen molar-refractivity contribution in [1.29, 1.82) is 0 Å². The van der Waals surface area contributed by atoms with Crippen molar-refractivity contribution in [1.82, 2.24) is 0 Å². The molecule has 28 heavy (non-hydrogen) atoms. The summed E-state index contributed by atoms with van der Waals surface area (Å²) in [5.41, 5.74) is 0. The van der Waals surface area contributed by atoms with Crippen molar-refractivity contribution in [2.24, 2.45) is 23.7 Å². The van der Waals surface area contributed by atoms with E-state index in [-0.39, 0.29) is 18.6 Å². The first kappa shape index (κ1) is 22.4. The predicted molar refractivity (Wildman–Crippen MR) is 102 cm³/mol. The van der Waals surface area contributed by atoms with E-state index in [9.17, 15) is 13.2 Å². The molecule has 1 aliphatic heterocycles. The van der Waals surface area contributed by atoms with Gasteiger partial charge in [0.25, 0.3) is 0 Å². The van der Waals surface area contributed by atoms with Crippen molar-refractivity contribution >= 4 is 0 Å². The summed E-state index contributed by atoms with van der Waals surface area (Å²) in [5, 5.41) is 0. The second-order valence-electron chi connectivity index (χ2n) is 9.08. The minimum Gasteiger partial charge on any atom is -0.379 e. The first-order valence-electron chi connectivity index (χ1n) is 11.4. The van der Waals surface area contributed by atoms with Gasteiger partial charge in [0.05, 0.1) is 19.3 Å². The molecule has 0 aromatic rings. The Labute approximate surface area is 167 Å². The summed E-state index contributed by atoms with van der Waals surface area (Å²) in [7, 11) is 0. The zero-order valence-electron chi connectivity index (χ0n) is 17.2. The molecular formula is C22H37F3O3. The number of hydrogen-bond donors (Lipinski definition) is 0. The fourth-order valence-electron chi connectivity index (χ4n) is 5.44. The van der Waals surface area contributed by atoms with Gasteiger partial charge in [-0.05, 0) is 83.0 Å². The summed E-state index contributed by atoms with van der Waals surface area (Å²) in [6.07, 6.45) is 6.12. The Hall–Kier alpha value is -0.330. The maximum absolute atomic E-state index is 12.3. The molecule has 2 aliphatic carbocycles. The van der Waals surface area contributed by atoms with Crippen LogP contribution in [0.4, 0.5) is 13.2 Å². The highest BCUT2D eigenvalue weighted by molar-refractivity contribution is 4.84. The molecule has 6 heteroatoms. The van der Waals surface area contributed by atoms with Crippen molar-refractivity contribution in [2.45, 2.75) is 96.1 Å². The van der Waals surface area contributed by atoms with Gasteiger partial charge in [0.2, 0.25) is 0 Å². The number of rotatable bonds is 7. The fraction of sp³-hybridized carbons (Fsp3) is 1.00. The van der Waals surface area contributed by atoms with E-state index in [1.165, 1.54) is 38.5 Å². The lowest BCUT2D eigenvalue weighted by Gasteiger charge is -2.41. The summed E-state index contributed by atoms with van der Waals surface area (Å²) >= 11 is 0. The van der Waals surface area contributed by atoms with Crippen LogP contribution in [-0.4, -0.2) is 38.4 Å². The molecule has 0 aromatic carbocycles. The van der Waals surface area contributed by atoms with Crippen molar-refractivity contribution in [2.75, 3.05) is 19.8 Å². The molecule has 0 spiro atoms. The van der Waals surface area contributed by atoms with Crippen LogP contribution in [0.25, 0.3) is 0 Å². The van der Waals surface area contributed by atoms with Gasteiger partial charge in [-0.25, -0.2) is 0 Å². The molecular weight excluding hydrogens is 369 g/mol. The van der Waals surface area contributed by atoms with Gasteiger partial charge >= 0.3 is 6.18 Å². The van der Waals surface area contributed by atoms with E-state index in [4.69, 9.17) is 14.2 Å². The van der Waals surface area contributed by atoms with Crippen molar-refractivity contribution in [3.05, 3.63) is 0 Å². The average molecular weight is 407 g/mol. The highest BCUT2D eigenvalue weighted by Gasteiger charge is 2.36. The van der Waals surface area contributed by atoms with Gasteiger partial charge in [-0.3, -0.25) is 0 Å². The van der Waals surface area contributed by atoms with Crippen LogP contribution in [0, 0.1) is 23.7 Å². The lowest BCUT2D eigenvalue weighted by Crippen LogP contribution is -2.39. The van der Waals surface area contributed by atoms with Crippen LogP contribution in [0.15, 0.2) is 0 Å². The molecule has 0 radical (unpaired) electrons. The minimum atomic E-state index is -4.06. The third kappa shape index (κ3) is 6.88. The van der Waals surface area contributed by atoms with E-state index in [1.54, 1.807) is 0 Å². The lowest BCUT2D eigenvalue weighted by atomic mass is 9.70. The topological polar surface area (TPSA) is 27.7 Å². The van der Waals surface area contributed by atoms with Crippen LogP contribution < -0.4 is 0 Å². The van der Waals surface area contributed by atoms with Gasteiger partial charge in [0.15, 0.2) is 6.29 Å². The molecule has 0 aromatic heterocycles. The van der Waals surface area contributed by atoms with Gasteiger partial charge in [0.1, 0.15) is 0 Å². The minimum absolute atomic E-state index is 0.107. The molecule has 0 N–H and O–H groups in total. The highest BCUT2D eigenvalue weighted by atomic mass is 19.4. The number of hydrogen-bond acceptors (Lipinski definition) is 3. The molecule has 0 bridgehead atoms. The van der Waals surface area contributed by atoms with Gasteiger partial charge in [-0.15, -0.1) is 0 Å². The fourth-order valence-corrected chi connectivity index (χ4v) is 5.44. The molecule has 2 saturated carbocycles. The summed E-state index contributed by atoms with van der Waals surface area (Å²) in [6, 6.07) is 0. The van der Waals surface area contributed by atoms with Crippen LogP contribution in [0.1, 0.15) is 77.6 Å². The molecule has 3 fully saturated rings. The molecule has 0 unspecified atom stereocenters. The maximum Gasteiger partial charge on any atom is 0.389 e. The SMILES string of the molecule is CCO[C@H]1CC[C@H](C2CCC([C@H]3OC[C@H](CCCC(F)(F)F)CO3)CC2)CC1. The second kappa shape index (κ2) is 10.6. The van der Waals surface area contributed by atoms with Gasteiger partial charge in [0, 0.05) is 24.9 Å². The number of halogens is 3.